The van der Waals surface area contributed by atoms with Gasteiger partial charge in [-0.25, -0.2) is 9.97 Å². The van der Waals surface area contributed by atoms with Crippen LogP contribution in [0.1, 0.15) is 10.9 Å². The van der Waals surface area contributed by atoms with Gasteiger partial charge in [-0.3, -0.25) is 0 Å². The summed E-state index contributed by atoms with van der Waals surface area (Å²) in [7, 11) is 0. The van der Waals surface area contributed by atoms with Gasteiger partial charge in [-0.1, -0.05) is 18.2 Å². The molecule has 4 aromatic rings. The van der Waals surface area contributed by atoms with Crippen molar-refractivity contribution in [2.45, 2.75) is 12.1 Å². The van der Waals surface area contributed by atoms with Crippen LogP contribution in [0.25, 0.3) is 22.3 Å². The van der Waals surface area contributed by atoms with Crippen molar-refractivity contribution in [1.82, 2.24) is 15.0 Å². The molecule has 2 unspecified atom stereocenters. The monoisotopic (exact) mass is 431 g/mol. The Hall–Kier alpha value is -3.23. The summed E-state index contributed by atoms with van der Waals surface area (Å²) >= 11 is 1.59. The van der Waals surface area contributed by atoms with Crippen LogP contribution in [0.5, 0.6) is 0 Å². The minimum atomic E-state index is -0.356. The Balaban J connectivity index is 1.49. The van der Waals surface area contributed by atoms with E-state index in [9.17, 15) is 4.79 Å². The second-order valence-corrected chi connectivity index (χ2v) is 8.80. The zero-order valence-electron chi connectivity index (χ0n) is 16.8. The highest BCUT2D eigenvalue weighted by Crippen LogP contribution is 2.41. The molecule has 1 aromatic carbocycles. The van der Waals surface area contributed by atoms with Crippen LogP contribution in [-0.2, 0) is 9.53 Å². The first-order chi connectivity index (χ1) is 15.3. The van der Waals surface area contributed by atoms with Crippen LogP contribution in [0.3, 0.4) is 0 Å². The number of carbonyl (C=O) groups is 1. The van der Waals surface area contributed by atoms with E-state index in [0.717, 1.165) is 45.7 Å². The van der Waals surface area contributed by atoms with E-state index in [1.54, 1.807) is 11.3 Å². The Bertz CT molecular complexity index is 1240. The molecule has 31 heavy (non-hydrogen) atoms. The highest BCUT2D eigenvalue weighted by molar-refractivity contribution is 7.10. The maximum atomic E-state index is 12.2. The van der Waals surface area contributed by atoms with Gasteiger partial charge in [0.1, 0.15) is 12.3 Å². The molecule has 2 atom stereocenters. The third-order valence-electron chi connectivity index (χ3n) is 6.10. The molecule has 0 saturated carbocycles. The van der Waals surface area contributed by atoms with E-state index >= 15 is 0 Å². The number of carbonyl (C=O) groups excluding carboxylic acids is 1. The van der Waals surface area contributed by atoms with Gasteiger partial charge >= 0.3 is 0 Å². The lowest BCUT2D eigenvalue weighted by Gasteiger charge is -2.46. The predicted octanol–water partition coefficient (Wildman–Crippen LogP) is 3.65. The predicted molar refractivity (Wildman–Crippen MR) is 122 cm³/mol. The third-order valence-corrected chi connectivity index (χ3v) is 7.04. The molecule has 0 bridgehead atoms. The van der Waals surface area contributed by atoms with E-state index in [1.165, 1.54) is 0 Å². The van der Waals surface area contributed by atoms with E-state index in [0.29, 0.717) is 25.6 Å². The van der Waals surface area contributed by atoms with Crippen molar-refractivity contribution in [2.24, 2.45) is 0 Å². The summed E-state index contributed by atoms with van der Waals surface area (Å²) in [4.78, 5) is 30.6. The van der Waals surface area contributed by atoms with E-state index in [4.69, 9.17) is 14.7 Å². The number of morpholine rings is 1. The fourth-order valence-electron chi connectivity index (χ4n) is 4.62. The number of ether oxygens (including phenoxy) is 1. The Kier molecular flexibility index (Phi) is 4.47. The molecule has 1 saturated heterocycles. The number of anilines is 2. The van der Waals surface area contributed by atoms with Crippen LogP contribution in [0.15, 0.2) is 54.2 Å². The molecule has 3 aromatic heterocycles. The van der Waals surface area contributed by atoms with Gasteiger partial charge in [0.05, 0.1) is 31.1 Å². The second kappa shape index (κ2) is 7.47. The standard InChI is InChI=1S/C23H21N5O2S/c29-13-20(21-5-2-10-31-21)28-12-15-14-30-9-8-27(15)23-19(28)11-25-22(26-23)17-3-1-4-18-16(17)6-7-24-18/h1-7,10-11,13,15,20,24H,8-9,12,14H2. The van der Waals surface area contributed by atoms with Crippen LogP contribution in [0.2, 0.25) is 0 Å². The van der Waals surface area contributed by atoms with E-state index in [-0.39, 0.29) is 12.1 Å². The largest absolute Gasteiger partial charge is 0.377 e. The lowest BCUT2D eigenvalue weighted by atomic mass is 10.1. The summed E-state index contributed by atoms with van der Waals surface area (Å²) < 4.78 is 5.77. The average molecular weight is 432 g/mol. The molecule has 156 valence electrons. The number of H-pyrrole nitrogens is 1. The molecule has 2 aliphatic heterocycles. The number of hydrogen-bond acceptors (Lipinski definition) is 7. The zero-order valence-corrected chi connectivity index (χ0v) is 17.6. The van der Waals surface area contributed by atoms with Crippen molar-refractivity contribution < 1.29 is 9.53 Å². The van der Waals surface area contributed by atoms with Crippen LogP contribution in [-0.4, -0.2) is 53.6 Å². The van der Waals surface area contributed by atoms with Crippen molar-refractivity contribution >= 4 is 40.0 Å². The van der Waals surface area contributed by atoms with E-state index < -0.39 is 0 Å². The van der Waals surface area contributed by atoms with Crippen molar-refractivity contribution in [2.75, 3.05) is 36.1 Å². The minimum Gasteiger partial charge on any atom is -0.377 e. The van der Waals surface area contributed by atoms with Crippen LogP contribution in [0, 0.1) is 0 Å². The second-order valence-electron chi connectivity index (χ2n) is 7.82. The molecule has 0 spiro atoms. The molecule has 5 heterocycles. The fourth-order valence-corrected chi connectivity index (χ4v) is 5.41. The van der Waals surface area contributed by atoms with Gasteiger partial charge in [-0.15, -0.1) is 11.3 Å². The fraction of sp³-hybridized carbons (Fsp3) is 0.261. The van der Waals surface area contributed by atoms with Crippen molar-refractivity contribution in [1.29, 1.82) is 0 Å². The topological polar surface area (TPSA) is 74.3 Å². The van der Waals surface area contributed by atoms with E-state index in [2.05, 4.69) is 26.9 Å². The number of benzene rings is 1. The highest BCUT2D eigenvalue weighted by atomic mass is 32.1. The number of aromatic amines is 1. The molecule has 1 fully saturated rings. The molecule has 0 radical (unpaired) electrons. The number of thiophene rings is 1. The Labute approximate surface area is 183 Å². The lowest BCUT2D eigenvalue weighted by molar-refractivity contribution is -0.109. The number of fused-ring (bicyclic) bond motifs is 4. The average Bonchev–Trinajstić information content (AvgIpc) is 3.51. The number of nitrogens with zero attached hydrogens (tertiary/aromatic N) is 4. The van der Waals surface area contributed by atoms with Crippen molar-refractivity contribution in [3.63, 3.8) is 0 Å². The zero-order chi connectivity index (χ0) is 20.8. The van der Waals surface area contributed by atoms with Crippen LogP contribution in [0.4, 0.5) is 11.5 Å². The van der Waals surface area contributed by atoms with Gasteiger partial charge in [0.25, 0.3) is 0 Å². The molecule has 6 rings (SSSR count). The lowest BCUT2D eigenvalue weighted by Crippen LogP contribution is -2.56. The Morgan fingerprint density at radius 1 is 1.26 bits per heavy atom. The first-order valence-corrected chi connectivity index (χ1v) is 11.2. The molecule has 0 aliphatic carbocycles. The number of aldehydes is 1. The third kappa shape index (κ3) is 3.02. The molecule has 7 nitrogen and oxygen atoms in total. The summed E-state index contributed by atoms with van der Waals surface area (Å²) in [6.45, 7) is 2.77. The number of hydrogen-bond donors (Lipinski definition) is 1. The normalized spacial score (nSPS) is 19.2. The summed E-state index contributed by atoms with van der Waals surface area (Å²) in [6, 6.07) is 11.9. The molecular formula is C23H21N5O2S. The van der Waals surface area contributed by atoms with Gasteiger partial charge in [0, 0.05) is 40.6 Å². The Morgan fingerprint density at radius 3 is 3.10 bits per heavy atom. The van der Waals surface area contributed by atoms with Gasteiger partial charge in [-0.2, -0.15) is 0 Å². The summed E-state index contributed by atoms with van der Waals surface area (Å²) in [6.07, 6.45) is 4.82. The van der Waals surface area contributed by atoms with Gasteiger partial charge in [-0.05, 0) is 23.6 Å². The highest BCUT2D eigenvalue weighted by Gasteiger charge is 2.38. The van der Waals surface area contributed by atoms with Crippen molar-refractivity contribution in [3.8, 4) is 11.4 Å². The van der Waals surface area contributed by atoms with Gasteiger partial charge < -0.3 is 24.3 Å². The van der Waals surface area contributed by atoms with Crippen LogP contribution >= 0.6 is 11.3 Å². The molecule has 2 aliphatic rings. The Morgan fingerprint density at radius 2 is 2.23 bits per heavy atom. The van der Waals surface area contributed by atoms with E-state index in [1.807, 2.05) is 42.0 Å². The smallest absolute Gasteiger partial charge is 0.162 e. The minimum absolute atomic E-state index is 0.148. The summed E-state index contributed by atoms with van der Waals surface area (Å²) in [5.74, 6) is 1.57. The SMILES string of the molecule is O=CC(c1cccs1)N1CC2COCCN2c2nc(-c3cccc4[nH]ccc34)ncc21. The number of nitrogens with one attached hydrogen (secondary N) is 1. The quantitative estimate of drug-likeness (QED) is 0.497. The van der Waals surface area contributed by atoms with Crippen LogP contribution < -0.4 is 9.80 Å². The first kappa shape index (κ1) is 18.5. The maximum Gasteiger partial charge on any atom is 0.162 e. The van der Waals surface area contributed by atoms with Gasteiger partial charge in [0.2, 0.25) is 0 Å². The number of rotatable bonds is 4. The summed E-state index contributed by atoms with van der Waals surface area (Å²) in [5, 5.41) is 3.10. The molecule has 1 N–H and O–H groups in total. The van der Waals surface area contributed by atoms with Crippen molar-refractivity contribution in [3.05, 3.63) is 59.0 Å². The molecular weight excluding hydrogens is 410 g/mol. The van der Waals surface area contributed by atoms with Gasteiger partial charge in [0.15, 0.2) is 11.6 Å². The number of aromatic nitrogens is 3. The summed E-state index contributed by atoms with van der Waals surface area (Å²) in [5.41, 5.74) is 2.95. The molecule has 8 heteroatoms. The first-order valence-electron chi connectivity index (χ1n) is 10.4. The molecule has 0 amide bonds. The maximum absolute atomic E-state index is 12.2.